The lowest BCUT2D eigenvalue weighted by molar-refractivity contribution is 1.12. The van der Waals surface area contributed by atoms with Gasteiger partial charge in [-0.05, 0) is 6.92 Å². The molecule has 0 N–H and O–H groups in total. The number of hydrogen-bond acceptors (Lipinski definition) is 4. The van der Waals surface area contributed by atoms with Gasteiger partial charge in [-0.2, -0.15) is 0 Å². The van der Waals surface area contributed by atoms with Crippen molar-refractivity contribution in [1.82, 2.24) is 19.9 Å². The Morgan fingerprint density at radius 2 is 1.57 bits per heavy atom. The molecule has 2 heterocycles. The quantitative estimate of drug-likeness (QED) is 0.664. The van der Waals surface area contributed by atoms with Crippen molar-refractivity contribution in [1.29, 1.82) is 0 Å². The van der Waals surface area contributed by atoms with Crippen LogP contribution in [0.15, 0.2) is 37.2 Å². The van der Waals surface area contributed by atoms with Gasteiger partial charge in [0.15, 0.2) is 0 Å². The Balaban J connectivity index is 0.000000140. The van der Waals surface area contributed by atoms with Crippen LogP contribution in [0.4, 0.5) is 0 Å². The van der Waals surface area contributed by atoms with Crippen LogP contribution in [0.1, 0.15) is 5.69 Å². The summed E-state index contributed by atoms with van der Waals surface area (Å²) >= 11 is 5.37. The van der Waals surface area contributed by atoms with E-state index in [1.165, 1.54) is 6.20 Å². The second kappa shape index (κ2) is 5.99. The molecule has 0 amide bonds. The highest BCUT2D eigenvalue weighted by Crippen LogP contribution is 1.95. The van der Waals surface area contributed by atoms with Crippen LogP contribution in [0.5, 0.6) is 0 Å². The largest absolute Gasteiger partial charge is 0.261 e. The number of rotatable bonds is 0. The van der Waals surface area contributed by atoms with E-state index in [0.29, 0.717) is 5.15 Å². The highest BCUT2D eigenvalue weighted by atomic mass is 35.5. The smallest absolute Gasteiger partial charge is 0.147 e. The molecule has 2 aromatic rings. The fraction of sp³-hybridized carbons (Fsp3) is 0.111. The summed E-state index contributed by atoms with van der Waals surface area (Å²) in [7, 11) is 0. The van der Waals surface area contributed by atoms with Gasteiger partial charge in [0.1, 0.15) is 5.15 Å². The van der Waals surface area contributed by atoms with Gasteiger partial charge in [0.25, 0.3) is 0 Å². The third kappa shape index (κ3) is 4.47. The van der Waals surface area contributed by atoms with Gasteiger partial charge in [-0.25, -0.2) is 4.98 Å². The molecule has 0 saturated carbocycles. The standard InChI is InChI=1S/C5H6N2.C4H3ClN2/c1-5-4-6-2-3-7-5;5-4-3-6-1-2-7-4/h2-4H,1H3;1-3H. The number of nitrogens with zero attached hydrogens (tertiary/aromatic N) is 4. The van der Waals surface area contributed by atoms with E-state index in [4.69, 9.17) is 11.6 Å². The van der Waals surface area contributed by atoms with Crippen LogP contribution in [0.25, 0.3) is 0 Å². The monoisotopic (exact) mass is 208 g/mol. The van der Waals surface area contributed by atoms with Crippen LogP contribution in [-0.2, 0) is 0 Å². The molecule has 0 aliphatic carbocycles. The van der Waals surface area contributed by atoms with Crippen molar-refractivity contribution in [2.24, 2.45) is 0 Å². The second-order valence-corrected chi connectivity index (χ2v) is 2.76. The summed E-state index contributed by atoms with van der Waals surface area (Å²) in [6.07, 6.45) is 9.66. The predicted octanol–water partition coefficient (Wildman–Crippen LogP) is 1.92. The van der Waals surface area contributed by atoms with Crippen LogP contribution in [0, 0.1) is 6.92 Å². The summed E-state index contributed by atoms with van der Waals surface area (Å²) in [6.45, 7) is 1.91. The zero-order chi connectivity index (χ0) is 10.2. The fourth-order valence-corrected chi connectivity index (χ4v) is 0.767. The Morgan fingerprint density at radius 1 is 0.929 bits per heavy atom. The van der Waals surface area contributed by atoms with Crippen molar-refractivity contribution < 1.29 is 0 Å². The molecule has 0 bridgehead atoms. The third-order valence-corrected chi connectivity index (χ3v) is 1.42. The molecule has 2 aromatic heterocycles. The molecule has 0 aliphatic rings. The molecular weight excluding hydrogens is 200 g/mol. The van der Waals surface area contributed by atoms with Gasteiger partial charge in [-0.15, -0.1) is 0 Å². The summed E-state index contributed by atoms with van der Waals surface area (Å²) in [5.41, 5.74) is 0.961. The summed E-state index contributed by atoms with van der Waals surface area (Å²) in [5, 5.41) is 0.433. The molecule has 2 rings (SSSR count). The van der Waals surface area contributed by atoms with Crippen LogP contribution in [0.3, 0.4) is 0 Å². The molecule has 14 heavy (non-hydrogen) atoms. The highest BCUT2D eigenvalue weighted by molar-refractivity contribution is 6.29. The van der Waals surface area contributed by atoms with Crippen molar-refractivity contribution in [2.45, 2.75) is 6.92 Å². The summed E-state index contributed by atoms with van der Waals surface area (Å²) in [6, 6.07) is 0. The summed E-state index contributed by atoms with van der Waals surface area (Å²) < 4.78 is 0. The lowest BCUT2D eigenvalue weighted by Gasteiger charge is -1.81. The average Bonchev–Trinajstić information content (AvgIpc) is 2.21. The normalized spacial score (nSPS) is 8.71. The van der Waals surface area contributed by atoms with Crippen molar-refractivity contribution in [3.63, 3.8) is 0 Å². The predicted molar refractivity (Wildman–Crippen MR) is 53.8 cm³/mol. The maximum absolute atomic E-state index is 5.37. The van der Waals surface area contributed by atoms with Gasteiger partial charge in [-0.3, -0.25) is 15.0 Å². The number of aromatic nitrogens is 4. The first-order valence-electron chi connectivity index (χ1n) is 3.93. The van der Waals surface area contributed by atoms with E-state index in [-0.39, 0.29) is 0 Å². The van der Waals surface area contributed by atoms with Crippen molar-refractivity contribution in [3.8, 4) is 0 Å². The van der Waals surface area contributed by atoms with E-state index in [2.05, 4.69) is 19.9 Å². The first kappa shape index (κ1) is 10.5. The SMILES string of the molecule is Cc1cnccn1.Clc1cnccn1. The Bertz CT molecular complexity index is 314. The van der Waals surface area contributed by atoms with E-state index < -0.39 is 0 Å². The number of hydrogen-bond donors (Lipinski definition) is 0. The topological polar surface area (TPSA) is 51.6 Å². The summed E-state index contributed by atoms with van der Waals surface area (Å²) in [4.78, 5) is 15.1. The number of aryl methyl sites for hydroxylation is 1. The molecule has 0 spiro atoms. The molecule has 5 heteroatoms. The van der Waals surface area contributed by atoms with E-state index in [1.807, 2.05) is 6.92 Å². The van der Waals surface area contributed by atoms with Crippen molar-refractivity contribution >= 4 is 11.6 Å². The second-order valence-electron chi connectivity index (χ2n) is 2.37. The molecule has 0 aromatic carbocycles. The van der Waals surface area contributed by atoms with Crippen molar-refractivity contribution in [3.05, 3.63) is 48.0 Å². The molecular formula is C9H9ClN4. The van der Waals surface area contributed by atoms with Gasteiger partial charge in [0.05, 0.1) is 11.9 Å². The van der Waals surface area contributed by atoms with E-state index >= 15 is 0 Å². The van der Waals surface area contributed by atoms with Crippen LogP contribution >= 0.6 is 11.6 Å². The van der Waals surface area contributed by atoms with E-state index in [0.717, 1.165) is 5.69 Å². The molecule has 0 aliphatic heterocycles. The summed E-state index contributed by atoms with van der Waals surface area (Å²) in [5.74, 6) is 0. The van der Waals surface area contributed by atoms with Gasteiger partial charge in [0.2, 0.25) is 0 Å². The van der Waals surface area contributed by atoms with Gasteiger partial charge in [0, 0.05) is 31.0 Å². The Morgan fingerprint density at radius 3 is 1.79 bits per heavy atom. The number of halogens is 1. The van der Waals surface area contributed by atoms with E-state index in [1.54, 1.807) is 31.0 Å². The zero-order valence-corrected chi connectivity index (χ0v) is 8.39. The lowest BCUT2D eigenvalue weighted by atomic mass is 10.5. The Labute approximate surface area is 87.0 Å². The molecule has 0 unspecified atom stereocenters. The third-order valence-electron chi connectivity index (χ3n) is 1.22. The molecule has 0 saturated heterocycles. The highest BCUT2D eigenvalue weighted by Gasteiger charge is 1.77. The lowest BCUT2D eigenvalue weighted by Crippen LogP contribution is -1.77. The molecule has 4 nitrogen and oxygen atoms in total. The van der Waals surface area contributed by atoms with E-state index in [9.17, 15) is 0 Å². The Hall–Kier alpha value is -1.55. The average molecular weight is 209 g/mol. The minimum absolute atomic E-state index is 0.433. The van der Waals surface area contributed by atoms with Gasteiger partial charge >= 0.3 is 0 Å². The first-order valence-corrected chi connectivity index (χ1v) is 4.31. The van der Waals surface area contributed by atoms with Gasteiger partial charge in [-0.1, -0.05) is 11.6 Å². The Kier molecular flexibility index (Phi) is 4.50. The van der Waals surface area contributed by atoms with Crippen LogP contribution in [-0.4, -0.2) is 19.9 Å². The van der Waals surface area contributed by atoms with Gasteiger partial charge < -0.3 is 0 Å². The maximum Gasteiger partial charge on any atom is 0.147 e. The zero-order valence-electron chi connectivity index (χ0n) is 7.63. The molecule has 72 valence electrons. The first-order chi connectivity index (χ1) is 6.79. The van der Waals surface area contributed by atoms with Crippen LogP contribution < -0.4 is 0 Å². The molecule has 0 radical (unpaired) electrons. The van der Waals surface area contributed by atoms with Crippen LogP contribution in [0.2, 0.25) is 5.15 Å². The maximum atomic E-state index is 5.37. The minimum atomic E-state index is 0.433. The fourth-order valence-electron chi connectivity index (χ4n) is 0.655. The molecule has 0 atom stereocenters. The van der Waals surface area contributed by atoms with Crippen molar-refractivity contribution in [2.75, 3.05) is 0 Å². The molecule has 0 fully saturated rings. The minimum Gasteiger partial charge on any atom is -0.261 e.